The monoisotopic (exact) mass is 305 g/mol. The molecule has 0 amide bonds. The van der Waals surface area contributed by atoms with Gasteiger partial charge in [0.15, 0.2) is 0 Å². The van der Waals surface area contributed by atoms with E-state index in [1.807, 2.05) is 42.2 Å². The average molecular weight is 306 g/mol. The maximum Gasteiger partial charge on any atom is 0.123 e. The molecule has 5 heteroatoms. The second-order valence-electron chi connectivity index (χ2n) is 5.45. The summed E-state index contributed by atoms with van der Waals surface area (Å²) in [6.07, 6.45) is 5.20. The van der Waals surface area contributed by atoms with Crippen LogP contribution in [0.1, 0.15) is 24.1 Å². The van der Waals surface area contributed by atoms with Crippen LogP contribution in [0.3, 0.4) is 0 Å². The summed E-state index contributed by atoms with van der Waals surface area (Å²) in [5.74, 6) is 0.912. The Morgan fingerprint density at radius 1 is 1.38 bits per heavy atom. The maximum atomic E-state index is 6.09. The van der Waals surface area contributed by atoms with Crippen LogP contribution < -0.4 is 10.1 Å². The first-order valence-electron chi connectivity index (χ1n) is 7.34. The molecule has 21 heavy (non-hydrogen) atoms. The summed E-state index contributed by atoms with van der Waals surface area (Å²) >= 11 is 6.09. The third-order valence-corrected chi connectivity index (χ3v) is 3.95. The third kappa shape index (κ3) is 3.99. The lowest BCUT2D eigenvalue weighted by molar-refractivity contribution is 0.314. The minimum atomic E-state index is 0.637. The van der Waals surface area contributed by atoms with Gasteiger partial charge >= 0.3 is 0 Å². The van der Waals surface area contributed by atoms with Crippen LogP contribution in [0, 0.1) is 0 Å². The minimum Gasteiger partial charge on any atom is -0.493 e. The zero-order chi connectivity index (χ0) is 14.7. The predicted octanol–water partition coefficient (Wildman–Crippen LogP) is 2.95. The Morgan fingerprint density at radius 3 is 2.95 bits per heavy atom. The molecule has 0 radical (unpaired) electrons. The van der Waals surface area contributed by atoms with Crippen molar-refractivity contribution in [2.75, 3.05) is 6.61 Å². The van der Waals surface area contributed by atoms with Gasteiger partial charge in [-0.15, -0.1) is 0 Å². The van der Waals surface area contributed by atoms with Gasteiger partial charge in [-0.3, -0.25) is 4.68 Å². The fraction of sp³-hybridized carbons (Fsp3) is 0.438. The van der Waals surface area contributed by atoms with Crippen LogP contribution in [0.15, 0.2) is 30.5 Å². The van der Waals surface area contributed by atoms with E-state index in [-0.39, 0.29) is 0 Å². The van der Waals surface area contributed by atoms with Gasteiger partial charge in [-0.1, -0.05) is 11.6 Å². The van der Waals surface area contributed by atoms with Gasteiger partial charge in [0.2, 0.25) is 0 Å². The molecule has 0 bridgehead atoms. The van der Waals surface area contributed by atoms with Crippen molar-refractivity contribution in [1.82, 2.24) is 15.1 Å². The molecule has 1 aromatic carbocycles. The van der Waals surface area contributed by atoms with E-state index in [0.717, 1.165) is 29.3 Å². The van der Waals surface area contributed by atoms with Crippen LogP contribution in [-0.4, -0.2) is 22.4 Å². The Hall–Kier alpha value is -1.52. The van der Waals surface area contributed by atoms with Gasteiger partial charge in [0.1, 0.15) is 5.75 Å². The van der Waals surface area contributed by atoms with E-state index in [0.29, 0.717) is 12.6 Å². The summed E-state index contributed by atoms with van der Waals surface area (Å²) in [4.78, 5) is 0. The molecule has 1 heterocycles. The summed E-state index contributed by atoms with van der Waals surface area (Å²) in [6.45, 7) is 1.45. The quantitative estimate of drug-likeness (QED) is 0.855. The average Bonchev–Trinajstić information content (AvgIpc) is 3.21. The normalized spacial score (nSPS) is 14.4. The van der Waals surface area contributed by atoms with Gasteiger partial charge < -0.3 is 10.1 Å². The SMILES string of the molecule is Cn1nccc1CCOc1ccc(Cl)cc1CNC1CC1. The predicted molar refractivity (Wildman–Crippen MR) is 83.7 cm³/mol. The Kier molecular flexibility index (Phi) is 4.46. The summed E-state index contributed by atoms with van der Waals surface area (Å²) in [5, 5.41) is 8.41. The van der Waals surface area contributed by atoms with E-state index < -0.39 is 0 Å². The highest BCUT2D eigenvalue weighted by Crippen LogP contribution is 2.25. The molecule has 3 rings (SSSR count). The van der Waals surface area contributed by atoms with Crippen molar-refractivity contribution in [3.05, 3.63) is 46.7 Å². The first-order valence-corrected chi connectivity index (χ1v) is 7.71. The maximum absolute atomic E-state index is 6.09. The standard InChI is InChI=1S/C16H20ClN3O/c1-20-15(6-8-19-20)7-9-21-16-5-2-13(17)10-12(16)11-18-14-3-4-14/h2,5-6,8,10,14,18H,3-4,7,9,11H2,1H3. The van der Waals surface area contributed by atoms with Crippen LogP contribution in [0.2, 0.25) is 5.02 Å². The molecule has 4 nitrogen and oxygen atoms in total. The highest BCUT2D eigenvalue weighted by molar-refractivity contribution is 6.30. The van der Waals surface area contributed by atoms with E-state index in [4.69, 9.17) is 16.3 Å². The van der Waals surface area contributed by atoms with Crippen LogP contribution in [-0.2, 0) is 20.0 Å². The van der Waals surface area contributed by atoms with E-state index in [2.05, 4.69) is 10.4 Å². The molecule has 0 unspecified atom stereocenters. The molecule has 1 N–H and O–H groups in total. The molecule has 0 saturated heterocycles. The van der Waals surface area contributed by atoms with Gasteiger partial charge in [-0.25, -0.2) is 0 Å². The molecule has 1 aromatic heterocycles. The lowest BCUT2D eigenvalue weighted by Crippen LogP contribution is -2.16. The summed E-state index contributed by atoms with van der Waals surface area (Å²) in [7, 11) is 1.95. The number of rotatable bonds is 7. The molecule has 2 aromatic rings. The molecule has 1 aliphatic carbocycles. The first kappa shape index (κ1) is 14.4. The summed E-state index contributed by atoms with van der Waals surface area (Å²) in [6, 6.07) is 8.50. The van der Waals surface area contributed by atoms with Gasteiger partial charge in [-0.05, 0) is 37.1 Å². The molecule has 112 valence electrons. The van der Waals surface area contributed by atoms with E-state index in [9.17, 15) is 0 Å². The number of halogens is 1. The van der Waals surface area contributed by atoms with Gasteiger partial charge in [-0.2, -0.15) is 5.10 Å². The number of hydrogen-bond donors (Lipinski definition) is 1. The van der Waals surface area contributed by atoms with Gasteiger partial charge in [0.05, 0.1) is 6.61 Å². The highest BCUT2D eigenvalue weighted by atomic mass is 35.5. The number of hydrogen-bond acceptors (Lipinski definition) is 3. The number of aromatic nitrogens is 2. The second kappa shape index (κ2) is 6.50. The molecular weight excluding hydrogens is 286 g/mol. The van der Waals surface area contributed by atoms with Crippen molar-refractivity contribution in [2.24, 2.45) is 7.05 Å². The van der Waals surface area contributed by atoms with E-state index >= 15 is 0 Å². The fourth-order valence-electron chi connectivity index (χ4n) is 2.28. The van der Waals surface area contributed by atoms with Gasteiger partial charge in [0, 0.05) is 48.5 Å². The zero-order valence-corrected chi connectivity index (χ0v) is 12.9. The van der Waals surface area contributed by atoms with E-state index in [1.165, 1.54) is 18.5 Å². The molecule has 1 saturated carbocycles. The lowest BCUT2D eigenvalue weighted by atomic mass is 10.2. The van der Waals surface area contributed by atoms with Crippen molar-refractivity contribution in [2.45, 2.75) is 31.8 Å². The van der Waals surface area contributed by atoms with Gasteiger partial charge in [0.25, 0.3) is 0 Å². The second-order valence-corrected chi connectivity index (χ2v) is 5.89. The molecule has 1 aliphatic rings. The number of nitrogens with zero attached hydrogens (tertiary/aromatic N) is 2. The largest absolute Gasteiger partial charge is 0.493 e. The van der Waals surface area contributed by atoms with Crippen LogP contribution in [0.5, 0.6) is 5.75 Å². The third-order valence-electron chi connectivity index (χ3n) is 3.72. The van der Waals surface area contributed by atoms with Crippen molar-refractivity contribution in [3.8, 4) is 5.75 Å². The Labute approximate surface area is 130 Å². The van der Waals surface area contributed by atoms with Crippen LogP contribution in [0.25, 0.3) is 0 Å². The number of aryl methyl sites for hydroxylation is 1. The van der Waals surface area contributed by atoms with Crippen molar-refractivity contribution in [1.29, 1.82) is 0 Å². The molecule has 0 aliphatic heterocycles. The Bertz CT molecular complexity index is 607. The van der Waals surface area contributed by atoms with Crippen molar-refractivity contribution >= 4 is 11.6 Å². The number of benzene rings is 1. The number of nitrogens with one attached hydrogen (secondary N) is 1. The van der Waals surface area contributed by atoms with E-state index in [1.54, 1.807) is 0 Å². The smallest absolute Gasteiger partial charge is 0.123 e. The van der Waals surface area contributed by atoms with Crippen LogP contribution in [0.4, 0.5) is 0 Å². The van der Waals surface area contributed by atoms with Crippen LogP contribution >= 0.6 is 11.6 Å². The zero-order valence-electron chi connectivity index (χ0n) is 12.2. The topological polar surface area (TPSA) is 39.1 Å². The highest BCUT2D eigenvalue weighted by Gasteiger charge is 2.20. The fourth-order valence-corrected chi connectivity index (χ4v) is 2.48. The molecule has 1 fully saturated rings. The molecular formula is C16H20ClN3O. The molecule has 0 spiro atoms. The summed E-state index contributed by atoms with van der Waals surface area (Å²) in [5.41, 5.74) is 2.29. The van der Waals surface area contributed by atoms with Crippen molar-refractivity contribution in [3.63, 3.8) is 0 Å². The first-order chi connectivity index (χ1) is 10.2. The molecule has 0 atom stereocenters. The Morgan fingerprint density at radius 2 is 2.24 bits per heavy atom. The lowest BCUT2D eigenvalue weighted by Gasteiger charge is -2.12. The van der Waals surface area contributed by atoms with Crippen molar-refractivity contribution < 1.29 is 4.74 Å². The Balaban J connectivity index is 1.59. The number of ether oxygens (including phenoxy) is 1. The minimum absolute atomic E-state index is 0.637. The summed E-state index contributed by atoms with van der Waals surface area (Å²) < 4.78 is 7.81.